The molecule has 26 heavy (non-hydrogen) atoms. The van der Waals surface area contributed by atoms with E-state index in [4.69, 9.17) is 0 Å². The van der Waals surface area contributed by atoms with Crippen LogP contribution in [0.15, 0.2) is 53.3 Å². The Hall–Kier alpha value is -1.34. The predicted octanol–water partition coefficient (Wildman–Crippen LogP) is 4.13. The molecule has 1 atom stereocenters. The minimum absolute atomic E-state index is 0. The van der Waals surface area contributed by atoms with Crippen LogP contribution in [0.3, 0.4) is 0 Å². The van der Waals surface area contributed by atoms with Gasteiger partial charge in [-0.3, -0.25) is 4.98 Å². The number of pyridine rings is 1. The molecule has 0 aliphatic carbocycles. The van der Waals surface area contributed by atoms with Gasteiger partial charge in [0.2, 0.25) is 0 Å². The van der Waals surface area contributed by atoms with E-state index in [0.717, 1.165) is 42.6 Å². The summed E-state index contributed by atoms with van der Waals surface area (Å²) in [5, 5.41) is 6.38. The van der Waals surface area contributed by atoms with Crippen LogP contribution in [0.25, 0.3) is 0 Å². The maximum absolute atomic E-state index is 12.6. The lowest BCUT2D eigenvalue weighted by Gasteiger charge is -2.36. The molecule has 5 nitrogen and oxygen atoms in total. The van der Waals surface area contributed by atoms with E-state index in [1.54, 1.807) is 6.20 Å². The minimum atomic E-state index is -0.0324. The number of rotatable bonds is 4. The molecule has 1 aliphatic rings. The van der Waals surface area contributed by atoms with Gasteiger partial charge < -0.3 is 15.5 Å². The van der Waals surface area contributed by atoms with Crippen molar-refractivity contribution in [2.24, 2.45) is 0 Å². The van der Waals surface area contributed by atoms with Crippen LogP contribution in [0, 0.1) is 0 Å². The monoisotopic (exact) mass is 460 g/mol. The van der Waals surface area contributed by atoms with Crippen LogP contribution in [0.4, 0.5) is 10.5 Å². The van der Waals surface area contributed by atoms with Gasteiger partial charge in [-0.25, -0.2) is 4.79 Å². The van der Waals surface area contributed by atoms with Gasteiger partial charge in [-0.05, 0) is 48.7 Å². The summed E-state index contributed by atoms with van der Waals surface area (Å²) in [7, 11) is 0. The van der Waals surface area contributed by atoms with Crippen molar-refractivity contribution >= 4 is 52.5 Å². The lowest BCUT2D eigenvalue weighted by Crippen LogP contribution is -2.55. The first-order valence-electron chi connectivity index (χ1n) is 8.15. The Labute approximate surface area is 174 Å². The smallest absolute Gasteiger partial charge is 0.319 e. The van der Waals surface area contributed by atoms with Crippen molar-refractivity contribution in [3.63, 3.8) is 0 Å². The lowest BCUT2D eigenvalue weighted by molar-refractivity contribution is 0.166. The number of halogens is 3. The van der Waals surface area contributed by atoms with Gasteiger partial charge in [0.25, 0.3) is 0 Å². The molecule has 1 aromatic carbocycles. The topological polar surface area (TPSA) is 57.3 Å². The third kappa shape index (κ3) is 6.43. The molecule has 1 aromatic heterocycles. The fourth-order valence-electron chi connectivity index (χ4n) is 2.89. The first-order chi connectivity index (χ1) is 11.7. The Morgan fingerprint density at radius 1 is 1.27 bits per heavy atom. The van der Waals surface area contributed by atoms with Crippen LogP contribution in [0.1, 0.15) is 12.0 Å². The zero-order valence-electron chi connectivity index (χ0n) is 14.2. The van der Waals surface area contributed by atoms with E-state index in [1.807, 2.05) is 41.4 Å². The molecule has 1 unspecified atom stereocenters. The first kappa shape index (κ1) is 22.7. The van der Waals surface area contributed by atoms with Crippen LogP contribution < -0.4 is 10.6 Å². The van der Waals surface area contributed by atoms with E-state index in [9.17, 15) is 4.79 Å². The zero-order valence-corrected chi connectivity index (χ0v) is 17.4. The standard InChI is InChI=1S/C18H21BrN4O.2ClH/c19-15-4-6-16(7-5-15)22-18(24)23-11-10-21-13-17(23)8-3-14-2-1-9-20-12-14;;/h1-2,4-7,9,12,17,21H,3,8,10-11,13H2,(H,22,24);2*1H. The third-order valence-electron chi connectivity index (χ3n) is 4.20. The molecule has 0 bridgehead atoms. The van der Waals surface area contributed by atoms with Crippen molar-refractivity contribution in [2.75, 3.05) is 25.0 Å². The number of benzene rings is 1. The van der Waals surface area contributed by atoms with E-state index >= 15 is 0 Å². The number of carbonyl (C=O) groups is 1. The summed E-state index contributed by atoms with van der Waals surface area (Å²) in [5.41, 5.74) is 2.02. The van der Waals surface area contributed by atoms with Crippen molar-refractivity contribution < 1.29 is 4.79 Å². The highest BCUT2D eigenvalue weighted by molar-refractivity contribution is 9.10. The third-order valence-corrected chi connectivity index (χ3v) is 4.72. The Balaban J connectivity index is 0.00000169. The number of anilines is 1. The number of hydrogen-bond donors (Lipinski definition) is 2. The predicted molar refractivity (Wildman–Crippen MR) is 114 cm³/mol. The molecule has 0 saturated carbocycles. The second-order valence-corrected chi connectivity index (χ2v) is 6.80. The molecule has 8 heteroatoms. The highest BCUT2D eigenvalue weighted by Gasteiger charge is 2.26. The highest BCUT2D eigenvalue weighted by atomic mass is 79.9. The molecular formula is C18H23BrCl2N4O. The second-order valence-electron chi connectivity index (χ2n) is 5.89. The molecule has 0 spiro atoms. The Morgan fingerprint density at radius 2 is 2.04 bits per heavy atom. The summed E-state index contributed by atoms with van der Waals surface area (Å²) in [6.07, 6.45) is 5.51. The molecule has 2 heterocycles. The Kier molecular flexibility index (Phi) is 9.94. The molecular weight excluding hydrogens is 439 g/mol. The summed E-state index contributed by atoms with van der Waals surface area (Å²) in [4.78, 5) is 18.7. The SMILES string of the molecule is Cl.Cl.O=C(Nc1ccc(Br)cc1)N1CCNCC1CCc1cccnc1. The van der Waals surface area contributed by atoms with Gasteiger partial charge in [0.1, 0.15) is 0 Å². The number of amides is 2. The van der Waals surface area contributed by atoms with E-state index in [-0.39, 0.29) is 36.9 Å². The lowest BCUT2D eigenvalue weighted by atomic mass is 10.0. The summed E-state index contributed by atoms with van der Waals surface area (Å²) in [6, 6.07) is 11.8. The van der Waals surface area contributed by atoms with Gasteiger partial charge in [-0.15, -0.1) is 24.8 Å². The first-order valence-corrected chi connectivity index (χ1v) is 8.94. The van der Waals surface area contributed by atoms with Gasteiger partial charge >= 0.3 is 6.03 Å². The van der Waals surface area contributed by atoms with Crippen molar-refractivity contribution in [1.82, 2.24) is 15.2 Å². The minimum Gasteiger partial charge on any atom is -0.319 e. The molecule has 2 N–H and O–H groups in total. The second kappa shape index (κ2) is 11.4. The van der Waals surface area contributed by atoms with Crippen molar-refractivity contribution in [3.8, 4) is 0 Å². The molecule has 2 aromatic rings. The molecule has 0 radical (unpaired) electrons. The number of nitrogens with zero attached hydrogens (tertiary/aromatic N) is 2. The fraction of sp³-hybridized carbons (Fsp3) is 0.333. The summed E-state index contributed by atoms with van der Waals surface area (Å²) in [6.45, 7) is 2.38. The molecule has 3 rings (SSSR count). The van der Waals surface area contributed by atoms with Crippen LogP contribution in [-0.4, -0.2) is 41.6 Å². The number of piperazine rings is 1. The van der Waals surface area contributed by atoms with Crippen LogP contribution >= 0.6 is 40.7 Å². The molecule has 1 saturated heterocycles. The molecule has 1 aliphatic heterocycles. The average molecular weight is 462 g/mol. The molecule has 1 fully saturated rings. The number of hydrogen-bond acceptors (Lipinski definition) is 3. The molecule has 2 amide bonds. The van der Waals surface area contributed by atoms with Crippen LogP contribution in [-0.2, 0) is 6.42 Å². The van der Waals surface area contributed by atoms with Crippen molar-refractivity contribution in [1.29, 1.82) is 0 Å². The number of nitrogens with one attached hydrogen (secondary N) is 2. The maximum atomic E-state index is 12.6. The van der Waals surface area contributed by atoms with Gasteiger partial charge in [0, 0.05) is 48.2 Å². The van der Waals surface area contributed by atoms with Crippen LogP contribution in [0.2, 0.25) is 0 Å². The van der Waals surface area contributed by atoms with E-state index < -0.39 is 0 Å². The summed E-state index contributed by atoms with van der Waals surface area (Å²) < 4.78 is 0.997. The number of aromatic nitrogens is 1. The van der Waals surface area contributed by atoms with Crippen molar-refractivity contribution in [3.05, 3.63) is 58.8 Å². The van der Waals surface area contributed by atoms with Gasteiger partial charge in [-0.1, -0.05) is 22.0 Å². The molecule has 142 valence electrons. The number of carbonyl (C=O) groups excluding carboxylic acids is 1. The van der Waals surface area contributed by atoms with Gasteiger partial charge in [-0.2, -0.15) is 0 Å². The maximum Gasteiger partial charge on any atom is 0.322 e. The van der Waals surface area contributed by atoms with Crippen LogP contribution in [0.5, 0.6) is 0 Å². The zero-order chi connectivity index (χ0) is 16.8. The fourth-order valence-corrected chi connectivity index (χ4v) is 3.16. The number of urea groups is 1. The van der Waals surface area contributed by atoms with Crippen molar-refractivity contribution in [2.45, 2.75) is 18.9 Å². The summed E-state index contributed by atoms with van der Waals surface area (Å²) >= 11 is 3.40. The summed E-state index contributed by atoms with van der Waals surface area (Å²) in [5.74, 6) is 0. The average Bonchev–Trinajstić information content (AvgIpc) is 2.63. The van der Waals surface area contributed by atoms with Gasteiger partial charge in [0.15, 0.2) is 0 Å². The van der Waals surface area contributed by atoms with E-state index in [0.29, 0.717) is 0 Å². The highest BCUT2D eigenvalue weighted by Crippen LogP contribution is 2.17. The van der Waals surface area contributed by atoms with E-state index in [1.165, 1.54) is 5.56 Å². The van der Waals surface area contributed by atoms with E-state index in [2.05, 4.69) is 37.6 Å². The largest absolute Gasteiger partial charge is 0.322 e. The number of aryl methyl sites for hydroxylation is 1. The normalized spacial score (nSPS) is 16.2. The quantitative estimate of drug-likeness (QED) is 0.719. The Morgan fingerprint density at radius 3 is 2.73 bits per heavy atom. The van der Waals surface area contributed by atoms with Gasteiger partial charge in [0.05, 0.1) is 0 Å². The Bertz CT molecular complexity index is 673.